The van der Waals surface area contributed by atoms with Gasteiger partial charge in [-0.15, -0.1) is 10.2 Å². The van der Waals surface area contributed by atoms with Gasteiger partial charge in [-0.1, -0.05) is 17.3 Å². The highest BCUT2D eigenvalue weighted by Crippen LogP contribution is 2.30. The van der Waals surface area contributed by atoms with Crippen molar-refractivity contribution in [3.8, 4) is 11.5 Å². The van der Waals surface area contributed by atoms with Crippen molar-refractivity contribution in [3.05, 3.63) is 30.1 Å². The summed E-state index contributed by atoms with van der Waals surface area (Å²) in [6.45, 7) is 1.93. The van der Waals surface area contributed by atoms with Gasteiger partial charge in [-0.25, -0.2) is 0 Å². The molecule has 0 aliphatic carbocycles. The van der Waals surface area contributed by atoms with Crippen molar-refractivity contribution in [3.63, 3.8) is 0 Å². The second kappa shape index (κ2) is 5.16. The van der Waals surface area contributed by atoms with E-state index in [0.717, 1.165) is 0 Å². The summed E-state index contributed by atoms with van der Waals surface area (Å²) in [5.41, 5.74) is 0. The van der Waals surface area contributed by atoms with Crippen LogP contribution in [-0.4, -0.2) is 39.2 Å². The molecule has 1 amide bonds. The number of aromatic nitrogens is 4. The fourth-order valence-electron chi connectivity index (χ4n) is 1.87. The number of benzene rings is 1. The average molecular weight is 275 g/mol. The van der Waals surface area contributed by atoms with Crippen molar-refractivity contribution in [2.75, 3.05) is 6.61 Å². The molecule has 2 atom stereocenters. The molecule has 0 spiro atoms. The molecule has 0 radical (unpaired) electrons. The summed E-state index contributed by atoms with van der Waals surface area (Å²) < 4.78 is 11.1. The number of tetrazole rings is 1. The van der Waals surface area contributed by atoms with Gasteiger partial charge in [0.05, 0.1) is 6.04 Å². The average Bonchev–Trinajstić information content (AvgIpc) is 3.01. The van der Waals surface area contributed by atoms with Gasteiger partial charge in [0.25, 0.3) is 5.91 Å². The zero-order valence-corrected chi connectivity index (χ0v) is 10.7. The van der Waals surface area contributed by atoms with Gasteiger partial charge in [0.1, 0.15) is 6.61 Å². The Bertz CT molecular complexity index is 601. The van der Waals surface area contributed by atoms with E-state index in [9.17, 15) is 4.79 Å². The minimum absolute atomic E-state index is 0.168. The number of carbonyl (C=O) groups is 1. The summed E-state index contributed by atoms with van der Waals surface area (Å²) in [6, 6.07) is 6.87. The van der Waals surface area contributed by atoms with E-state index in [2.05, 4.69) is 25.9 Å². The number of rotatable bonds is 3. The number of hydrogen-bond donors (Lipinski definition) is 2. The molecule has 2 N–H and O–H groups in total. The molecule has 0 saturated carbocycles. The largest absolute Gasteiger partial charge is 0.485 e. The van der Waals surface area contributed by atoms with Crippen LogP contribution in [0.3, 0.4) is 0 Å². The normalized spacial score (nSPS) is 18.4. The Balaban J connectivity index is 1.64. The summed E-state index contributed by atoms with van der Waals surface area (Å²) in [5.74, 6) is 1.33. The van der Waals surface area contributed by atoms with Crippen molar-refractivity contribution in [1.29, 1.82) is 0 Å². The fraction of sp³-hybridized carbons (Fsp3) is 0.333. The van der Waals surface area contributed by atoms with Crippen LogP contribution in [0.1, 0.15) is 18.8 Å². The maximum absolute atomic E-state index is 12.1. The quantitative estimate of drug-likeness (QED) is 0.830. The minimum Gasteiger partial charge on any atom is -0.485 e. The number of hydrogen-bond acceptors (Lipinski definition) is 6. The van der Waals surface area contributed by atoms with E-state index in [1.54, 1.807) is 19.1 Å². The van der Waals surface area contributed by atoms with Gasteiger partial charge in [-0.2, -0.15) is 5.21 Å². The van der Waals surface area contributed by atoms with Crippen LogP contribution < -0.4 is 14.8 Å². The van der Waals surface area contributed by atoms with Crippen LogP contribution in [0.5, 0.6) is 11.5 Å². The molecule has 3 rings (SSSR count). The molecule has 0 bridgehead atoms. The molecule has 1 aliphatic rings. The van der Waals surface area contributed by atoms with E-state index in [-0.39, 0.29) is 18.6 Å². The van der Waals surface area contributed by atoms with E-state index < -0.39 is 6.10 Å². The second-order valence-corrected chi connectivity index (χ2v) is 4.36. The first kappa shape index (κ1) is 12.4. The lowest BCUT2D eigenvalue weighted by Crippen LogP contribution is -2.44. The lowest BCUT2D eigenvalue weighted by atomic mass is 10.2. The molecular formula is C12H13N5O3. The Labute approximate surface area is 114 Å². The monoisotopic (exact) mass is 275 g/mol. The van der Waals surface area contributed by atoms with Gasteiger partial charge >= 0.3 is 0 Å². The van der Waals surface area contributed by atoms with Crippen LogP contribution in [0, 0.1) is 0 Å². The topological polar surface area (TPSA) is 102 Å². The molecule has 1 aromatic carbocycles. The molecule has 8 heteroatoms. The molecule has 0 saturated heterocycles. The van der Waals surface area contributed by atoms with Crippen LogP contribution in [0.4, 0.5) is 0 Å². The number of nitrogens with zero attached hydrogens (tertiary/aromatic N) is 3. The lowest BCUT2D eigenvalue weighted by Gasteiger charge is -2.26. The Kier molecular flexibility index (Phi) is 3.20. The van der Waals surface area contributed by atoms with E-state index >= 15 is 0 Å². The second-order valence-electron chi connectivity index (χ2n) is 4.36. The third kappa shape index (κ3) is 2.40. The maximum Gasteiger partial charge on any atom is 0.265 e. The first-order chi connectivity index (χ1) is 9.74. The number of para-hydroxylation sites is 2. The molecule has 1 aromatic heterocycles. The molecule has 104 valence electrons. The summed E-state index contributed by atoms with van der Waals surface area (Å²) in [7, 11) is 0. The first-order valence-electron chi connectivity index (χ1n) is 6.16. The number of H-pyrrole nitrogens is 1. The highest BCUT2D eigenvalue weighted by atomic mass is 16.6. The van der Waals surface area contributed by atoms with Gasteiger partial charge in [-0.3, -0.25) is 4.79 Å². The summed E-state index contributed by atoms with van der Waals surface area (Å²) >= 11 is 0. The molecule has 2 heterocycles. The van der Waals surface area contributed by atoms with Crippen LogP contribution in [0.15, 0.2) is 24.3 Å². The van der Waals surface area contributed by atoms with E-state index in [1.165, 1.54) is 0 Å². The van der Waals surface area contributed by atoms with Crippen LogP contribution in [0.2, 0.25) is 0 Å². The number of aromatic amines is 1. The third-order valence-electron chi connectivity index (χ3n) is 2.91. The molecule has 8 nitrogen and oxygen atoms in total. The number of amides is 1. The summed E-state index contributed by atoms with van der Waals surface area (Å²) in [6.07, 6.45) is -0.695. The molecule has 0 fully saturated rings. The number of nitrogens with one attached hydrogen (secondary N) is 2. The SMILES string of the molecule is CC(NC(=O)C1COc2ccccc2O1)c1nn[nH]n1. The predicted molar refractivity (Wildman–Crippen MR) is 67.1 cm³/mol. The zero-order valence-electron chi connectivity index (χ0n) is 10.7. The standard InChI is InChI=1S/C12H13N5O3/c1-7(11-14-16-17-15-11)13-12(18)10-6-19-8-4-2-3-5-9(8)20-10/h2-5,7,10H,6H2,1H3,(H,13,18)(H,14,15,16,17). The van der Waals surface area contributed by atoms with E-state index in [4.69, 9.17) is 9.47 Å². The number of fused-ring (bicyclic) bond motifs is 1. The number of carbonyl (C=O) groups excluding carboxylic acids is 1. The van der Waals surface area contributed by atoms with Crippen molar-refractivity contribution in [2.24, 2.45) is 0 Å². The summed E-state index contributed by atoms with van der Waals surface area (Å²) in [4.78, 5) is 12.1. The molecule has 1 aliphatic heterocycles. The summed E-state index contributed by atoms with van der Waals surface area (Å²) in [5, 5.41) is 16.2. The van der Waals surface area contributed by atoms with Gasteiger partial charge < -0.3 is 14.8 Å². The maximum atomic E-state index is 12.1. The molecule has 2 aromatic rings. The Morgan fingerprint density at radius 2 is 2.25 bits per heavy atom. The minimum atomic E-state index is -0.695. The van der Waals surface area contributed by atoms with Crippen molar-refractivity contribution in [2.45, 2.75) is 19.1 Å². The third-order valence-corrected chi connectivity index (χ3v) is 2.91. The Hall–Kier alpha value is -2.64. The zero-order chi connectivity index (χ0) is 13.9. The van der Waals surface area contributed by atoms with Crippen molar-refractivity contribution < 1.29 is 14.3 Å². The Morgan fingerprint density at radius 1 is 1.45 bits per heavy atom. The van der Waals surface area contributed by atoms with Crippen LogP contribution in [0.25, 0.3) is 0 Å². The predicted octanol–water partition coefficient (Wildman–Crippen LogP) is 0.217. The van der Waals surface area contributed by atoms with Gasteiger partial charge in [0, 0.05) is 0 Å². The van der Waals surface area contributed by atoms with Crippen LogP contribution >= 0.6 is 0 Å². The highest BCUT2D eigenvalue weighted by molar-refractivity contribution is 5.82. The lowest BCUT2D eigenvalue weighted by molar-refractivity contribution is -0.131. The van der Waals surface area contributed by atoms with E-state index in [1.807, 2.05) is 12.1 Å². The molecular weight excluding hydrogens is 262 g/mol. The first-order valence-corrected chi connectivity index (χ1v) is 6.16. The van der Waals surface area contributed by atoms with Crippen LogP contribution in [-0.2, 0) is 4.79 Å². The molecule has 20 heavy (non-hydrogen) atoms. The van der Waals surface area contributed by atoms with Crippen molar-refractivity contribution in [1.82, 2.24) is 25.9 Å². The van der Waals surface area contributed by atoms with Crippen molar-refractivity contribution >= 4 is 5.91 Å². The Morgan fingerprint density at radius 3 is 3.00 bits per heavy atom. The van der Waals surface area contributed by atoms with E-state index in [0.29, 0.717) is 17.3 Å². The highest BCUT2D eigenvalue weighted by Gasteiger charge is 2.28. The van der Waals surface area contributed by atoms with Gasteiger partial charge in [0.15, 0.2) is 17.3 Å². The smallest absolute Gasteiger partial charge is 0.265 e. The van der Waals surface area contributed by atoms with Gasteiger partial charge in [0.2, 0.25) is 6.10 Å². The molecule has 2 unspecified atom stereocenters. The number of ether oxygens (including phenoxy) is 2. The fourth-order valence-corrected chi connectivity index (χ4v) is 1.87. The van der Waals surface area contributed by atoms with Gasteiger partial charge in [-0.05, 0) is 19.1 Å².